The van der Waals surface area contributed by atoms with Crippen molar-refractivity contribution < 1.29 is 0 Å². The van der Waals surface area contributed by atoms with E-state index in [0.29, 0.717) is 15.1 Å². The van der Waals surface area contributed by atoms with Crippen LogP contribution in [-0.4, -0.2) is 19.7 Å². The van der Waals surface area contributed by atoms with E-state index in [2.05, 4.69) is 15.1 Å². The number of halogens is 1. The first kappa shape index (κ1) is 9.38. The normalized spacial score (nSPS) is 10.4. The Hall–Kier alpha value is -1.18. The molecule has 0 atom stereocenters. The van der Waals surface area contributed by atoms with Crippen LogP contribution >= 0.6 is 22.6 Å². The van der Waals surface area contributed by atoms with Crippen LogP contribution in [0.4, 0.5) is 0 Å². The lowest BCUT2D eigenvalue weighted by Gasteiger charge is -1.95. The molecule has 72 valence electrons. The molecular weight excluding hydrogens is 295 g/mol. The maximum atomic E-state index is 11.3. The van der Waals surface area contributed by atoms with Crippen molar-refractivity contribution in [3.8, 4) is 11.5 Å². The van der Waals surface area contributed by atoms with Gasteiger partial charge in [0.2, 0.25) is 0 Å². The van der Waals surface area contributed by atoms with Gasteiger partial charge in [0.25, 0.3) is 5.56 Å². The van der Waals surface area contributed by atoms with Gasteiger partial charge >= 0.3 is 0 Å². The summed E-state index contributed by atoms with van der Waals surface area (Å²) in [6.07, 6.45) is 3.33. The highest BCUT2D eigenvalue weighted by Crippen LogP contribution is 2.08. The van der Waals surface area contributed by atoms with Crippen LogP contribution in [0.15, 0.2) is 23.3 Å². The van der Waals surface area contributed by atoms with Crippen molar-refractivity contribution in [2.75, 3.05) is 0 Å². The van der Waals surface area contributed by atoms with E-state index in [-0.39, 0.29) is 5.56 Å². The van der Waals surface area contributed by atoms with Gasteiger partial charge in [0.1, 0.15) is 5.69 Å². The van der Waals surface area contributed by atoms with E-state index in [1.165, 1.54) is 6.20 Å². The van der Waals surface area contributed by atoms with Crippen molar-refractivity contribution >= 4 is 22.6 Å². The van der Waals surface area contributed by atoms with Crippen molar-refractivity contribution in [3.63, 3.8) is 0 Å². The Kier molecular flexibility index (Phi) is 2.36. The highest BCUT2D eigenvalue weighted by molar-refractivity contribution is 14.1. The second-order valence-corrected chi connectivity index (χ2v) is 3.95. The summed E-state index contributed by atoms with van der Waals surface area (Å²) in [6.45, 7) is 0. The molecule has 14 heavy (non-hydrogen) atoms. The first-order valence-electron chi connectivity index (χ1n) is 3.91. The van der Waals surface area contributed by atoms with Gasteiger partial charge in [0, 0.05) is 19.4 Å². The van der Waals surface area contributed by atoms with Crippen LogP contribution in [0.5, 0.6) is 0 Å². The van der Waals surface area contributed by atoms with Crippen LogP contribution in [0.25, 0.3) is 11.5 Å². The smallest absolute Gasteiger partial charge is 0.264 e. The monoisotopic (exact) mass is 302 g/mol. The molecule has 0 bridgehead atoms. The minimum Gasteiger partial charge on any atom is -0.304 e. The fourth-order valence-corrected chi connectivity index (χ4v) is 1.33. The van der Waals surface area contributed by atoms with E-state index in [1.807, 2.05) is 29.6 Å². The lowest BCUT2D eigenvalue weighted by atomic mass is 10.4. The van der Waals surface area contributed by atoms with Gasteiger partial charge in [0.05, 0.1) is 3.57 Å². The Bertz CT molecular complexity index is 516. The highest BCUT2D eigenvalue weighted by atomic mass is 127. The number of hydrogen-bond donors (Lipinski definition) is 1. The number of aromatic amines is 1. The third-order valence-corrected chi connectivity index (χ3v) is 2.48. The van der Waals surface area contributed by atoms with Crippen molar-refractivity contribution in [3.05, 3.63) is 32.4 Å². The molecule has 1 N–H and O–H groups in total. The van der Waals surface area contributed by atoms with E-state index in [1.54, 1.807) is 16.9 Å². The third-order valence-electron chi connectivity index (χ3n) is 1.71. The van der Waals surface area contributed by atoms with Gasteiger partial charge in [-0.3, -0.25) is 9.48 Å². The maximum absolute atomic E-state index is 11.3. The van der Waals surface area contributed by atoms with E-state index in [0.717, 1.165) is 0 Å². The molecule has 2 aromatic heterocycles. The molecule has 0 amide bonds. The van der Waals surface area contributed by atoms with Crippen LogP contribution in [0.3, 0.4) is 0 Å². The molecule has 2 rings (SSSR count). The zero-order chi connectivity index (χ0) is 10.1. The SMILES string of the molecule is Cn1ccc(-c2ncc(I)c(=O)[nH]2)n1. The van der Waals surface area contributed by atoms with Gasteiger partial charge in [-0.15, -0.1) is 0 Å². The number of rotatable bonds is 1. The van der Waals surface area contributed by atoms with E-state index in [4.69, 9.17) is 0 Å². The molecule has 6 heteroatoms. The predicted molar refractivity (Wildman–Crippen MR) is 59.8 cm³/mol. The topological polar surface area (TPSA) is 63.6 Å². The predicted octanol–water partition coefficient (Wildman–Crippen LogP) is 0.775. The van der Waals surface area contributed by atoms with Gasteiger partial charge in [-0.2, -0.15) is 5.10 Å². The molecule has 0 saturated carbocycles. The zero-order valence-electron chi connectivity index (χ0n) is 7.36. The number of aryl methyl sites for hydroxylation is 1. The molecule has 0 aliphatic rings. The maximum Gasteiger partial charge on any atom is 0.264 e. The zero-order valence-corrected chi connectivity index (χ0v) is 9.52. The van der Waals surface area contributed by atoms with E-state index < -0.39 is 0 Å². The fraction of sp³-hybridized carbons (Fsp3) is 0.125. The van der Waals surface area contributed by atoms with Gasteiger partial charge in [-0.05, 0) is 28.7 Å². The third kappa shape index (κ3) is 1.69. The van der Waals surface area contributed by atoms with E-state index in [9.17, 15) is 4.79 Å². The lowest BCUT2D eigenvalue weighted by Crippen LogP contribution is -2.11. The summed E-state index contributed by atoms with van der Waals surface area (Å²) < 4.78 is 2.23. The molecule has 0 aliphatic heterocycles. The number of nitrogens with zero attached hydrogens (tertiary/aromatic N) is 3. The summed E-state index contributed by atoms with van der Waals surface area (Å²) in [5, 5.41) is 4.13. The number of aromatic nitrogens is 4. The van der Waals surface area contributed by atoms with Crippen molar-refractivity contribution in [1.82, 2.24) is 19.7 Å². The summed E-state index contributed by atoms with van der Waals surface area (Å²) in [7, 11) is 1.81. The number of H-pyrrole nitrogens is 1. The summed E-state index contributed by atoms with van der Waals surface area (Å²) in [5.74, 6) is 0.496. The molecule has 0 aromatic carbocycles. The molecule has 0 fully saturated rings. The Morgan fingerprint density at radius 1 is 1.57 bits per heavy atom. The summed E-state index contributed by atoms with van der Waals surface area (Å²) >= 11 is 1.93. The van der Waals surface area contributed by atoms with Gasteiger partial charge in [0.15, 0.2) is 5.82 Å². The van der Waals surface area contributed by atoms with Gasteiger partial charge in [-0.25, -0.2) is 4.98 Å². The highest BCUT2D eigenvalue weighted by Gasteiger charge is 2.04. The Morgan fingerprint density at radius 3 is 2.93 bits per heavy atom. The van der Waals surface area contributed by atoms with Crippen LogP contribution in [0.1, 0.15) is 0 Å². The second kappa shape index (κ2) is 3.52. The molecular formula is C8H7IN4O. The van der Waals surface area contributed by atoms with Crippen molar-refractivity contribution in [1.29, 1.82) is 0 Å². The van der Waals surface area contributed by atoms with Gasteiger partial charge < -0.3 is 4.98 Å². The quantitative estimate of drug-likeness (QED) is 0.792. The molecule has 0 saturated heterocycles. The van der Waals surface area contributed by atoms with E-state index >= 15 is 0 Å². The molecule has 0 spiro atoms. The van der Waals surface area contributed by atoms with Gasteiger partial charge in [-0.1, -0.05) is 0 Å². The molecule has 2 aromatic rings. The van der Waals surface area contributed by atoms with Crippen LogP contribution in [-0.2, 0) is 7.05 Å². The molecule has 0 aliphatic carbocycles. The minimum absolute atomic E-state index is 0.138. The fourth-order valence-electron chi connectivity index (χ4n) is 1.05. The van der Waals surface area contributed by atoms with Crippen LogP contribution < -0.4 is 5.56 Å². The largest absolute Gasteiger partial charge is 0.304 e. The van der Waals surface area contributed by atoms with Crippen molar-refractivity contribution in [2.45, 2.75) is 0 Å². The summed E-state index contributed by atoms with van der Waals surface area (Å²) in [4.78, 5) is 18.0. The number of nitrogens with one attached hydrogen (secondary N) is 1. The first-order valence-corrected chi connectivity index (χ1v) is 4.99. The molecule has 5 nitrogen and oxygen atoms in total. The first-order chi connectivity index (χ1) is 6.66. The molecule has 0 radical (unpaired) electrons. The second-order valence-electron chi connectivity index (χ2n) is 2.78. The van der Waals surface area contributed by atoms with Crippen LogP contribution in [0.2, 0.25) is 0 Å². The van der Waals surface area contributed by atoms with Crippen molar-refractivity contribution in [2.24, 2.45) is 7.05 Å². The Balaban J connectivity index is 2.53. The Labute approximate surface area is 93.3 Å². The number of hydrogen-bond acceptors (Lipinski definition) is 3. The minimum atomic E-state index is -0.138. The summed E-state index contributed by atoms with van der Waals surface area (Å²) in [6, 6.07) is 1.80. The average Bonchev–Trinajstić information content (AvgIpc) is 2.57. The average molecular weight is 302 g/mol. The molecule has 2 heterocycles. The molecule has 0 unspecified atom stereocenters. The van der Waals surface area contributed by atoms with Crippen LogP contribution in [0, 0.1) is 3.57 Å². The lowest BCUT2D eigenvalue weighted by molar-refractivity contribution is 0.768. The Morgan fingerprint density at radius 2 is 2.36 bits per heavy atom. The standard InChI is InChI=1S/C8H7IN4O/c1-13-3-2-6(12-13)7-10-4-5(9)8(14)11-7/h2-4H,1H3,(H,10,11,14). The summed E-state index contributed by atoms with van der Waals surface area (Å²) in [5.41, 5.74) is 0.530.